The van der Waals surface area contributed by atoms with Crippen LogP contribution in [0.15, 0.2) is 36.5 Å². The lowest BCUT2D eigenvalue weighted by molar-refractivity contribution is 0.628. The minimum atomic E-state index is -0.277. The number of aromatic nitrogens is 2. The van der Waals surface area contributed by atoms with Crippen LogP contribution in [0.1, 0.15) is 5.82 Å². The molecule has 5 heteroatoms. The van der Waals surface area contributed by atoms with Gasteiger partial charge < -0.3 is 5.73 Å². The molecule has 0 amide bonds. The molecule has 16 heavy (non-hydrogen) atoms. The van der Waals surface area contributed by atoms with Gasteiger partial charge in [0.1, 0.15) is 11.6 Å². The highest BCUT2D eigenvalue weighted by Gasteiger charge is 2.01. The largest absolute Gasteiger partial charge is 0.324 e. The van der Waals surface area contributed by atoms with Gasteiger partial charge in [0.2, 0.25) is 0 Å². The van der Waals surface area contributed by atoms with Crippen molar-refractivity contribution in [3.63, 3.8) is 0 Å². The van der Waals surface area contributed by atoms with E-state index in [1.807, 2.05) is 0 Å². The average Bonchev–Trinajstić information content (AvgIpc) is 2.29. The third-order valence-electron chi connectivity index (χ3n) is 2.01. The fraction of sp³-hybridized carbons (Fsp3) is 0.0909. The van der Waals surface area contributed by atoms with Crippen molar-refractivity contribution in [1.29, 1.82) is 0 Å². The molecular weight excluding hydrogens is 229 g/mol. The van der Waals surface area contributed by atoms with Crippen molar-refractivity contribution in [1.82, 2.24) is 9.97 Å². The Bertz CT molecular complexity index is 476. The van der Waals surface area contributed by atoms with Crippen molar-refractivity contribution >= 4 is 12.4 Å². The second kappa shape index (κ2) is 5.53. The van der Waals surface area contributed by atoms with Gasteiger partial charge in [-0.1, -0.05) is 12.1 Å². The van der Waals surface area contributed by atoms with Crippen molar-refractivity contribution < 1.29 is 4.39 Å². The monoisotopic (exact) mass is 239 g/mol. The maximum absolute atomic E-state index is 13.0. The second-order valence-corrected chi connectivity index (χ2v) is 3.07. The molecule has 0 unspecified atom stereocenters. The first-order chi connectivity index (χ1) is 7.29. The number of rotatable bonds is 2. The zero-order valence-corrected chi connectivity index (χ0v) is 9.25. The molecule has 3 nitrogen and oxygen atoms in total. The van der Waals surface area contributed by atoms with Gasteiger partial charge in [0.25, 0.3) is 0 Å². The highest BCUT2D eigenvalue weighted by atomic mass is 35.5. The van der Waals surface area contributed by atoms with Gasteiger partial charge in [0, 0.05) is 11.8 Å². The Morgan fingerprint density at radius 3 is 2.75 bits per heavy atom. The Balaban J connectivity index is 0.00000128. The first kappa shape index (κ1) is 12.5. The molecular formula is C11H11ClFN3. The van der Waals surface area contributed by atoms with Crippen molar-refractivity contribution in [2.24, 2.45) is 5.73 Å². The van der Waals surface area contributed by atoms with E-state index in [9.17, 15) is 4.39 Å². The molecule has 0 saturated carbocycles. The van der Waals surface area contributed by atoms with Crippen molar-refractivity contribution in [2.75, 3.05) is 0 Å². The summed E-state index contributed by atoms with van der Waals surface area (Å²) in [5.41, 5.74) is 6.84. The summed E-state index contributed by atoms with van der Waals surface area (Å²) in [6.07, 6.45) is 1.62. The summed E-state index contributed by atoms with van der Waals surface area (Å²) < 4.78 is 13.0. The lowest BCUT2D eigenvalue weighted by atomic mass is 10.1. The minimum absolute atomic E-state index is 0. The number of hydrogen-bond acceptors (Lipinski definition) is 3. The molecule has 84 valence electrons. The average molecular weight is 240 g/mol. The number of benzene rings is 1. The molecule has 2 rings (SSSR count). The second-order valence-electron chi connectivity index (χ2n) is 3.07. The summed E-state index contributed by atoms with van der Waals surface area (Å²) in [7, 11) is 0. The quantitative estimate of drug-likeness (QED) is 0.874. The molecule has 0 radical (unpaired) electrons. The summed E-state index contributed by atoms with van der Waals surface area (Å²) in [5, 5.41) is 0. The van der Waals surface area contributed by atoms with Gasteiger partial charge in [-0.25, -0.2) is 14.4 Å². The van der Waals surface area contributed by atoms with Gasteiger partial charge in [0.15, 0.2) is 0 Å². The van der Waals surface area contributed by atoms with Crippen LogP contribution in [0.2, 0.25) is 0 Å². The third-order valence-corrected chi connectivity index (χ3v) is 2.01. The van der Waals surface area contributed by atoms with Crippen LogP contribution in [0.3, 0.4) is 0 Å². The SMILES string of the molecule is Cl.NCc1nccc(-c2cccc(F)c2)n1. The zero-order valence-electron chi connectivity index (χ0n) is 8.43. The van der Waals surface area contributed by atoms with Crippen LogP contribution in [0.4, 0.5) is 4.39 Å². The van der Waals surface area contributed by atoms with Crippen LogP contribution >= 0.6 is 12.4 Å². The molecule has 1 heterocycles. The lowest BCUT2D eigenvalue weighted by Gasteiger charge is -2.02. The van der Waals surface area contributed by atoms with E-state index >= 15 is 0 Å². The van der Waals surface area contributed by atoms with E-state index in [-0.39, 0.29) is 24.8 Å². The Labute approximate surface area is 99.0 Å². The molecule has 2 N–H and O–H groups in total. The molecule has 0 atom stereocenters. The first-order valence-corrected chi connectivity index (χ1v) is 4.57. The number of nitrogens with two attached hydrogens (primary N) is 1. The summed E-state index contributed by atoms with van der Waals surface area (Å²) in [6.45, 7) is 0.281. The van der Waals surface area contributed by atoms with Crippen LogP contribution in [-0.2, 0) is 6.54 Å². The molecule has 0 aliphatic carbocycles. The Morgan fingerprint density at radius 1 is 1.25 bits per heavy atom. The maximum atomic E-state index is 13.0. The highest BCUT2D eigenvalue weighted by Crippen LogP contribution is 2.16. The number of hydrogen-bond donors (Lipinski definition) is 1. The van der Waals surface area contributed by atoms with E-state index in [0.29, 0.717) is 11.5 Å². The number of halogens is 2. The molecule has 0 bridgehead atoms. The fourth-order valence-corrected chi connectivity index (χ4v) is 1.31. The molecule has 1 aromatic carbocycles. The van der Waals surface area contributed by atoms with E-state index in [2.05, 4.69) is 9.97 Å². The smallest absolute Gasteiger partial charge is 0.142 e. The number of nitrogens with zero attached hydrogens (tertiary/aromatic N) is 2. The standard InChI is InChI=1S/C11H10FN3.ClH/c12-9-3-1-2-8(6-9)10-4-5-14-11(7-13)15-10;/h1-6H,7,13H2;1H. The normalized spacial score (nSPS) is 9.62. The van der Waals surface area contributed by atoms with E-state index < -0.39 is 0 Å². The third kappa shape index (κ3) is 2.74. The Hall–Kier alpha value is -1.52. The molecule has 0 saturated heterocycles. The predicted molar refractivity (Wildman–Crippen MR) is 62.6 cm³/mol. The van der Waals surface area contributed by atoms with Gasteiger partial charge in [-0.3, -0.25) is 0 Å². The molecule has 0 spiro atoms. The topological polar surface area (TPSA) is 51.8 Å². The van der Waals surface area contributed by atoms with Crippen LogP contribution in [0.5, 0.6) is 0 Å². The van der Waals surface area contributed by atoms with Crippen molar-refractivity contribution in [3.8, 4) is 11.3 Å². The van der Waals surface area contributed by atoms with Crippen LogP contribution < -0.4 is 5.73 Å². The van der Waals surface area contributed by atoms with E-state index in [1.54, 1.807) is 24.4 Å². The Kier molecular flexibility index (Phi) is 4.34. The van der Waals surface area contributed by atoms with E-state index in [1.165, 1.54) is 12.1 Å². The molecule has 2 aromatic rings. The predicted octanol–water partition coefficient (Wildman–Crippen LogP) is 2.16. The van der Waals surface area contributed by atoms with Crippen LogP contribution in [-0.4, -0.2) is 9.97 Å². The summed E-state index contributed by atoms with van der Waals surface area (Å²) in [5.74, 6) is 0.275. The van der Waals surface area contributed by atoms with E-state index in [0.717, 1.165) is 5.56 Å². The Morgan fingerprint density at radius 2 is 2.06 bits per heavy atom. The lowest BCUT2D eigenvalue weighted by Crippen LogP contribution is -2.03. The minimum Gasteiger partial charge on any atom is -0.324 e. The molecule has 0 fully saturated rings. The maximum Gasteiger partial charge on any atom is 0.142 e. The molecule has 0 aliphatic rings. The van der Waals surface area contributed by atoms with Gasteiger partial charge >= 0.3 is 0 Å². The van der Waals surface area contributed by atoms with Crippen LogP contribution in [0.25, 0.3) is 11.3 Å². The van der Waals surface area contributed by atoms with Gasteiger partial charge in [0.05, 0.1) is 12.2 Å². The fourth-order valence-electron chi connectivity index (χ4n) is 1.31. The van der Waals surface area contributed by atoms with Crippen LogP contribution in [0, 0.1) is 5.82 Å². The zero-order chi connectivity index (χ0) is 10.7. The first-order valence-electron chi connectivity index (χ1n) is 4.57. The summed E-state index contributed by atoms with van der Waals surface area (Å²) >= 11 is 0. The summed E-state index contributed by atoms with van der Waals surface area (Å²) in [4.78, 5) is 8.18. The van der Waals surface area contributed by atoms with Crippen molar-refractivity contribution in [3.05, 3.63) is 48.2 Å². The van der Waals surface area contributed by atoms with E-state index in [4.69, 9.17) is 5.73 Å². The molecule has 1 aromatic heterocycles. The van der Waals surface area contributed by atoms with Gasteiger partial charge in [-0.2, -0.15) is 0 Å². The summed E-state index contributed by atoms with van der Waals surface area (Å²) in [6, 6.07) is 8.01. The van der Waals surface area contributed by atoms with Crippen molar-refractivity contribution in [2.45, 2.75) is 6.54 Å². The highest BCUT2D eigenvalue weighted by molar-refractivity contribution is 5.85. The van der Waals surface area contributed by atoms with Gasteiger partial charge in [-0.05, 0) is 18.2 Å². The molecule has 0 aliphatic heterocycles. The van der Waals surface area contributed by atoms with Gasteiger partial charge in [-0.15, -0.1) is 12.4 Å².